The van der Waals surface area contributed by atoms with Crippen molar-refractivity contribution in [1.29, 1.82) is 0 Å². The Bertz CT molecular complexity index is 1730. The van der Waals surface area contributed by atoms with Gasteiger partial charge in [0.15, 0.2) is 11.6 Å². The van der Waals surface area contributed by atoms with Gasteiger partial charge < -0.3 is 9.68 Å². The summed E-state index contributed by atoms with van der Waals surface area (Å²) >= 11 is 0. The van der Waals surface area contributed by atoms with Crippen LogP contribution in [0.3, 0.4) is 0 Å². The van der Waals surface area contributed by atoms with Crippen LogP contribution in [0.5, 0.6) is 0 Å². The van der Waals surface area contributed by atoms with Gasteiger partial charge in [0.05, 0.1) is 10.6 Å². The molecule has 44 heavy (non-hydrogen) atoms. The molecule has 0 heterocycles. The minimum Gasteiger partial charge on any atom is -0.352 e. The van der Waals surface area contributed by atoms with Crippen molar-refractivity contribution >= 4 is 44.5 Å². The van der Waals surface area contributed by atoms with Crippen LogP contribution in [-0.2, 0) is 34.1 Å². The zero-order chi connectivity index (χ0) is 32.3. The predicted octanol–water partition coefficient (Wildman–Crippen LogP) is 5.44. The van der Waals surface area contributed by atoms with Gasteiger partial charge in [-0.3, -0.25) is 14.4 Å². The number of ketones is 3. The number of benzene rings is 1. The highest BCUT2D eigenvalue weighted by Crippen LogP contribution is 2.24. The highest BCUT2D eigenvalue weighted by molar-refractivity contribution is 7.90. The maximum Gasteiger partial charge on any atom is 0.282 e. The molecule has 3 aliphatic carbocycles. The van der Waals surface area contributed by atoms with E-state index in [1.807, 2.05) is 34.6 Å². The van der Waals surface area contributed by atoms with Crippen molar-refractivity contribution in [2.45, 2.75) is 53.4 Å². The molecule has 0 amide bonds. The van der Waals surface area contributed by atoms with Crippen LogP contribution in [-0.4, -0.2) is 42.9 Å². The molecule has 11 heteroatoms. The van der Waals surface area contributed by atoms with Gasteiger partial charge in [-0.05, 0) is 80.2 Å². The normalized spacial score (nSPS) is 19.5. The van der Waals surface area contributed by atoms with Gasteiger partial charge in [0.1, 0.15) is 11.4 Å². The summed E-state index contributed by atoms with van der Waals surface area (Å²) in [5.41, 5.74) is 3.46. The number of nitrogens with zero attached hydrogens (tertiary/aromatic N) is 3. The zero-order valence-corrected chi connectivity index (χ0v) is 26.4. The zero-order valence-electron chi connectivity index (χ0n) is 25.5. The second-order valence-corrected chi connectivity index (χ2v) is 12.8. The first-order valence-electron chi connectivity index (χ1n) is 13.9. The third-order valence-corrected chi connectivity index (χ3v) is 8.25. The molecule has 228 valence electrons. The number of allylic oxidation sites excluding steroid dienone is 10. The van der Waals surface area contributed by atoms with Crippen LogP contribution in [0.2, 0.25) is 0 Å². The molecule has 0 saturated carbocycles. The molecule has 1 aromatic rings. The molecule has 3 aliphatic rings. The van der Waals surface area contributed by atoms with Crippen LogP contribution in [0.15, 0.2) is 114 Å². The van der Waals surface area contributed by atoms with Crippen molar-refractivity contribution in [3.8, 4) is 0 Å². The molecule has 0 atom stereocenters. The largest absolute Gasteiger partial charge is 0.352 e. The summed E-state index contributed by atoms with van der Waals surface area (Å²) in [5, 5.41) is 8.18. The van der Waals surface area contributed by atoms with Gasteiger partial charge in [-0.25, -0.2) is 0 Å². The molecule has 10 nitrogen and oxygen atoms in total. The molecule has 0 aromatic heterocycles. The molecule has 0 N–H and O–H groups in total. The summed E-state index contributed by atoms with van der Waals surface area (Å²) in [7, 11) is -4.18. The fourth-order valence-corrected chi connectivity index (χ4v) is 5.29. The number of hydrogen-bond donors (Lipinski definition) is 0. The number of rotatable bonds is 8. The van der Waals surface area contributed by atoms with Crippen molar-refractivity contribution in [3.05, 3.63) is 100 Å². The maximum atomic E-state index is 13.4. The fraction of sp³-hybridized carbons (Fsp3) is 0.273. The topological polar surface area (TPSA) is 141 Å². The lowest BCUT2D eigenvalue weighted by molar-refractivity contribution is -0.119. The molecule has 0 bridgehead atoms. The number of carbonyl (C=O) groups is 3. The molecule has 4 rings (SSSR count). The van der Waals surface area contributed by atoms with Crippen LogP contribution in [0, 0.1) is 18.8 Å². The first-order valence-corrected chi connectivity index (χ1v) is 15.4. The van der Waals surface area contributed by atoms with E-state index in [1.165, 1.54) is 24.3 Å². The van der Waals surface area contributed by atoms with E-state index in [2.05, 4.69) is 14.7 Å². The first-order chi connectivity index (χ1) is 20.7. The summed E-state index contributed by atoms with van der Waals surface area (Å²) in [5.74, 6) is -1.93. The van der Waals surface area contributed by atoms with E-state index in [-0.39, 0.29) is 45.5 Å². The number of carbonyl (C=O) groups excluding carboxylic acids is 3. The molecule has 0 unspecified atom stereocenters. The Morgan fingerprint density at radius 3 is 1.48 bits per heavy atom. The Balaban J connectivity index is 1.74. The molecular formula is C33H33N3O7S. The van der Waals surface area contributed by atoms with Crippen molar-refractivity contribution < 1.29 is 32.5 Å². The lowest BCUT2D eigenvalue weighted by atomic mass is 9.90. The van der Waals surface area contributed by atoms with Gasteiger partial charge in [-0.1, -0.05) is 55.7 Å². The second kappa shape index (κ2) is 12.8. The Morgan fingerprint density at radius 2 is 1.07 bits per heavy atom. The third kappa shape index (κ3) is 7.23. The monoisotopic (exact) mass is 615 g/mol. The van der Waals surface area contributed by atoms with Crippen LogP contribution >= 0.6 is 0 Å². The first kappa shape index (κ1) is 32.2. The Hall–Kier alpha value is -4.77. The molecule has 0 aliphatic heterocycles. The van der Waals surface area contributed by atoms with Gasteiger partial charge in [0.25, 0.3) is 15.8 Å². The summed E-state index contributed by atoms with van der Waals surface area (Å²) in [6.45, 7) is 12.7. The smallest absolute Gasteiger partial charge is 0.282 e. The predicted molar refractivity (Wildman–Crippen MR) is 167 cm³/mol. The summed E-state index contributed by atoms with van der Waals surface area (Å²) in [6, 6.07) is 6.15. The van der Waals surface area contributed by atoms with E-state index in [1.54, 1.807) is 38.1 Å². The van der Waals surface area contributed by atoms with E-state index in [9.17, 15) is 22.8 Å². The van der Waals surface area contributed by atoms with Gasteiger partial charge in [0, 0.05) is 23.3 Å². The molecule has 0 fully saturated rings. The van der Waals surface area contributed by atoms with Gasteiger partial charge in [-0.15, -0.1) is 0 Å². The molecular weight excluding hydrogens is 582 g/mol. The minimum atomic E-state index is -4.18. The standard InChI is InChI=1S/C33H33N3O7S/c1-18(2)25-16-27(21(6)12-29(25)37)34-42-31-14-23(36-44(40,41)24-10-8-20(5)9-11-24)15-32(33(31)39)43-35-28-17-26(19(3)4)30(38)13-22(28)7/h8-19H,1-7H3. The van der Waals surface area contributed by atoms with Gasteiger partial charge in [0.2, 0.25) is 11.5 Å². The fourth-order valence-electron chi connectivity index (χ4n) is 4.32. The van der Waals surface area contributed by atoms with Crippen LogP contribution < -0.4 is 0 Å². The highest BCUT2D eigenvalue weighted by Gasteiger charge is 2.28. The number of Topliss-reactive ketones (excluding diaryl/α,β-unsaturated/α-hetero) is 1. The Kier molecular flexibility index (Phi) is 9.39. The second-order valence-electron chi connectivity index (χ2n) is 11.2. The highest BCUT2D eigenvalue weighted by atomic mass is 32.2. The summed E-state index contributed by atoms with van der Waals surface area (Å²) in [6.07, 6.45) is 8.32. The van der Waals surface area contributed by atoms with E-state index in [0.717, 1.165) is 17.7 Å². The van der Waals surface area contributed by atoms with Crippen LogP contribution in [0.25, 0.3) is 0 Å². The SMILES string of the molecule is CC1=CC(=O)C(C(C)C)=CC1=NOC1=CC(=NS(=O)(=O)c2ccc(C)cc2)C=C(ON=C2C=C(C(C)C)C(=O)C=C2C)C1=O. The van der Waals surface area contributed by atoms with E-state index < -0.39 is 15.8 Å². The van der Waals surface area contributed by atoms with Crippen molar-refractivity contribution in [2.24, 2.45) is 26.5 Å². The Labute approximate surface area is 256 Å². The molecule has 0 saturated heterocycles. The van der Waals surface area contributed by atoms with Crippen molar-refractivity contribution in [1.82, 2.24) is 0 Å². The average Bonchev–Trinajstić information content (AvgIpc) is 2.93. The van der Waals surface area contributed by atoms with Crippen LogP contribution in [0.4, 0.5) is 0 Å². The average molecular weight is 616 g/mol. The molecule has 0 radical (unpaired) electrons. The lowest BCUT2D eigenvalue weighted by Crippen LogP contribution is -2.20. The van der Waals surface area contributed by atoms with Crippen molar-refractivity contribution in [3.63, 3.8) is 0 Å². The Morgan fingerprint density at radius 1 is 0.636 bits per heavy atom. The number of sulfonamides is 1. The number of aryl methyl sites for hydroxylation is 1. The maximum absolute atomic E-state index is 13.4. The van der Waals surface area contributed by atoms with Crippen molar-refractivity contribution in [2.75, 3.05) is 0 Å². The van der Waals surface area contributed by atoms with E-state index in [0.29, 0.717) is 33.7 Å². The van der Waals surface area contributed by atoms with E-state index >= 15 is 0 Å². The molecule has 1 aromatic carbocycles. The third-order valence-electron chi connectivity index (χ3n) is 6.94. The lowest BCUT2D eigenvalue weighted by Gasteiger charge is -2.17. The number of hydrogen-bond acceptors (Lipinski definition) is 9. The minimum absolute atomic E-state index is 0.0438. The van der Waals surface area contributed by atoms with E-state index in [4.69, 9.17) is 9.68 Å². The van der Waals surface area contributed by atoms with Gasteiger partial charge >= 0.3 is 0 Å². The molecule has 0 spiro atoms. The number of oxime groups is 2. The quantitative estimate of drug-likeness (QED) is 0.280. The summed E-state index contributed by atoms with van der Waals surface area (Å²) in [4.78, 5) is 49.1. The summed E-state index contributed by atoms with van der Waals surface area (Å²) < 4.78 is 30.1. The van der Waals surface area contributed by atoms with Gasteiger partial charge in [-0.2, -0.15) is 12.8 Å². The van der Waals surface area contributed by atoms with Crippen LogP contribution in [0.1, 0.15) is 47.1 Å².